The lowest BCUT2D eigenvalue weighted by molar-refractivity contribution is -0.179. The first-order valence-electron chi connectivity index (χ1n) is 12.9. The van der Waals surface area contributed by atoms with Crippen molar-refractivity contribution in [2.24, 2.45) is 5.92 Å². The minimum atomic E-state index is -4.45. The molecule has 206 valence electrons. The summed E-state index contributed by atoms with van der Waals surface area (Å²) in [6.07, 6.45) is -0.269. The van der Waals surface area contributed by atoms with E-state index >= 15 is 0 Å². The van der Waals surface area contributed by atoms with Crippen LogP contribution in [0.1, 0.15) is 52.8 Å². The van der Waals surface area contributed by atoms with Crippen LogP contribution in [0, 0.1) is 32.5 Å². The van der Waals surface area contributed by atoms with Crippen LogP contribution in [0.15, 0.2) is 36.7 Å². The molecule has 0 spiro atoms. The molecule has 0 saturated heterocycles. The lowest BCUT2D eigenvalue weighted by Gasteiger charge is -2.27. The molecule has 1 aromatic carbocycles. The third kappa shape index (κ3) is 5.45. The lowest BCUT2D eigenvalue weighted by Crippen LogP contribution is -2.34. The Morgan fingerprint density at radius 2 is 1.72 bits per heavy atom. The fourth-order valence-electron chi connectivity index (χ4n) is 5.15. The van der Waals surface area contributed by atoms with Gasteiger partial charge in [-0.25, -0.2) is 19.0 Å². The summed E-state index contributed by atoms with van der Waals surface area (Å²) in [6.45, 7) is 6.00. The molecule has 1 atom stereocenters. The van der Waals surface area contributed by atoms with Crippen molar-refractivity contribution in [3.05, 3.63) is 76.4 Å². The highest BCUT2D eigenvalue weighted by Gasteiger charge is 2.45. The molecule has 1 aliphatic carbocycles. The van der Waals surface area contributed by atoms with Gasteiger partial charge in [-0.05, 0) is 83.5 Å². The maximum Gasteiger partial charge on any atom is 0.408 e. The van der Waals surface area contributed by atoms with Gasteiger partial charge in [-0.2, -0.15) is 23.4 Å². The third-order valence-corrected chi connectivity index (χ3v) is 7.29. The van der Waals surface area contributed by atoms with Gasteiger partial charge in [0.25, 0.3) is 0 Å². The quantitative estimate of drug-likeness (QED) is 0.266. The second-order valence-electron chi connectivity index (χ2n) is 10.5. The topological polar surface area (TPSA) is 64.7 Å². The van der Waals surface area contributed by atoms with Crippen LogP contribution in [0.3, 0.4) is 0 Å². The first kappa shape index (κ1) is 27.0. The van der Waals surface area contributed by atoms with E-state index in [9.17, 15) is 17.6 Å². The molecule has 0 N–H and O–H groups in total. The van der Waals surface area contributed by atoms with Gasteiger partial charge in [0.05, 0.1) is 17.1 Å². The van der Waals surface area contributed by atoms with E-state index in [2.05, 4.69) is 15.1 Å². The van der Waals surface area contributed by atoms with E-state index in [-0.39, 0.29) is 11.4 Å². The summed E-state index contributed by atoms with van der Waals surface area (Å²) in [5, 5.41) is 9.31. The highest BCUT2D eigenvalue weighted by molar-refractivity contribution is 5.64. The molecule has 0 aliphatic heterocycles. The molecule has 0 radical (unpaired) electrons. The number of benzene rings is 1. The Morgan fingerprint density at radius 3 is 2.33 bits per heavy atom. The molecule has 0 amide bonds. The van der Waals surface area contributed by atoms with Crippen molar-refractivity contribution in [3.63, 3.8) is 0 Å². The van der Waals surface area contributed by atoms with Crippen LogP contribution in [-0.2, 0) is 13.0 Å². The highest BCUT2D eigenvalue weighted by atomic mass is 19.4. The average Bonchev–Trinajstić information content (AvgIpc) is 3.58. The Morgan fingerprint density at radius 1 is 1.03 bits per heavy atom. The zero-order valence-corrected chi connectivity index (χ0v) is 22.6. The molecule has 1 aliphatic rings. The van der Waals surface area contributed by atoms with Gasteiger partial charge in [-0.1, -0.05) is 0 Å². The highest BCUT2D eigenvalue weighted by Crippen LogP contribution is 2.39. The zero-order chi connectivity index (χ0) is 28.1. The van der Waals surface area contributed by atoms with Crippen LogP contribution in [0.5, 0.6) is 0 Å². The van der Waals surface area contributed by atoms with E-state index in [1.54, 1.807) is 32.0 Å². The first-order valence-corrected chi connectivity index (χ1v) is 12.9. The predicted octanol–water partition coefficient (Wildman–Crippen LogP) is 5.76. The van der Waals surface area contributed by atoms with Crippen molar-refractivity contribution in [2.75, 3.05) is 14.1 Å². The minimum absolute atomic E-state index is 0.120. The Balaban J connectivity index is 1.51. The van der Waals surface area contributed by atoms with E-state index in [0.29, 0.717) is 35.2 Å². The molecule has 3 heterocycles. The van der Waals surface area contributed by atoms with Crippen molar-refractivity contribution < 1.29 is 17.6 Å². The summed E-state index contributed by atoms with van der Waals surface area (Å²) in [7, 11) is 2.81. The number of aryl methyl sites for hydroxylation is 1. The number of aromatic nitrogens is 6. The average molecular weight is 542 g/mol. The van der Waals surface area contributed by atoms with E-state index in [4.69, 9.17) is 5.10 Å². The fraction of sp³-hybridized carbons (Fsp3) is 0.429. The Hall–Kier alpha value is -3.60. The standard InChI is InChI=1S/C28H31F4N7/c1-16-23(38(14-19-6-7-19)36-26(16)20-8-10-21(29)11-9-20)12-22-13-24(34-15-33-22)39-18(3)25(17(2)35-39)27(37(4)5)28(30,31)32/h8-11,13,15,19,27H,6-7,12,14H2,1-5H3. The number of nitrogens with zero attached hydrogens (tertiary/aromatic N) is 7. The summed E-state index contributed by atoms with van der Waals surface area (Å²) >= 11 is 0. The SMILES string of the molecule is Cc1nn(-c2cc(Cc3c(C)c(-c4ccc(F)cc4)nn3CC3CC3)ncn2)c(C)c1C(N(C)C)C(F)(F)F. The molecule has 1 unspecified atom stereocenters. The lowest BCUT2D eigenvalue weighted by atomic mass is 10.0. The number of rotatable bonds is 8. The van der Waals surface area contributed by atoms with Gasteiger partial charge in [-0.15, -0.1) is 0 Å². The summed E-state index contributed by atoms with van der Waals surface area (Å²) in [5.41, 5.74) is 5.09. The summed E-state index contributed by atoms with van der Waals surface area (Å²) in [6, 6.07) is 6.27. The number of hydrogen-bond acceptors (Lipinski definition) is 5. The fourth-order valence-corrected chi connectivity index (χ4v) is 5.15. The number of hydrogen-bond donors (Lipinski definition) is 0. The first-order chi connectivity index (χ1) is 18.4. The molecular formula is C28H31F4N7. The number of alkyl halides is 3. The molecular weight excluding hydrogens is 510 g/mol. The van der Waals surface area contributed by atoms with Crippen molar-refractivity contribution >= 4 is 0 Å². The zero-order valence-electron chi connectivity index (χ0n) is 22.6. The molecule has 5 rings (SSSR count). The molecule has 39 heavy (non-hydrogen) atoms. The second-order valence-corrected chi connectivity index (χ2v) is 10.5. The molecule has 1 fully saturated rings. The molecule has 7 nitrogen and oxygen atoms in total. The Bertz CT molecular complexity index is 1480. The smallest absolute Gasteiger partial charge is 0.295 e. The van der Waals surface area contributed by atoms with Gasteiger partial charge in [0, 0.05) is 41.5 Å². The maximum absolute atomic E-state index is 13.9. The van der Waals surface area contributed by atoms with Gasteiger partial charge in [0.1, 0.15) is 18.2 Å². The third-order valence-electron chi connectivity index (χ3n) is 7.29. The predicted molar refractivity (Wildman–Crippen MR) is 139 cm³/mol. The van der Waals surface area contributed by atoms with Crippen molar-refractivity contribution in [3.8, 4) is 17.1 Å². The molecule has 1 saturated carbocycles. The van der Waals surface area contributed by atoms with Gasteiger partial charge >= 0.3 is 6.18 Å². The summed E-state index contributed by atoms with van der Waals surface area (Å²) in [5.74, 6) is 0.676. The van der Waals surface area contributed by atoms with Crippen LogP contribution in [0.2, 0.25) is 0 Å². The van der Waals surface area contributed by atoms with E-state index in [0.717, 1.165) is 46.8 Å². The van der Waals surface area contributed by atoms with Crippen LogP contribution in [0.4, 0.5) is 17.6 Å². The van der Waals surface area contributed by atoms with Gasteiger partial charge in [-0.3, -0.25) is 9.58 Å². The Kier molecular flexibility index (Phi) is 7.04. The van der Waals surface area contributed by atoms with Crippen LogP contribution in [0.25, 0.3) is 17.1 Å². The number of halogens is 4. The van der Waals surface area contributed by atoms with Crippen molar-refractivity contribution in [1.82, 2.24) is 34.4 Å². The largest absolute Gasteiger partial charge is 0.408 e. The van der Waals surface area contributed by atoms with Gasteiger partial charge < -0.3 is 0 Å². The van der Waals surface area contributed by atoms with Crippen LogP contribution < -0.4 is 0 Å². The minimum Gasteiger partial charge on any atom is -0.295 e. The second kappa shape index (κ2) is 10.2. The van der Waals surface area contributed by atoms with Gasteiger partial charge in [0.15, 0.2) is 5.82 Å². The molecule has 4 aromatic rings. The molecule has 0 bridgehead atoms. The van der Waals surface area contributed by atoms with Crippen LogP contribution in [-0.4, -0.2) is 54.7 Å². The van der Waals surface area contributed by atoms with E-state index in [1.165, 1.54) is 37.2 Å². The summed E-state index contributed by atoms with van der Waals surface area (Å²) in [4.78, 5) is 9.94. The van der Waals surface area contributed by atoms with E-state index < -0.39 is 12.2 Å². The molecule has 3 aromatic heterocycles. The van der Waals surface area contributed by atoms with Crippen molar-refractivity contribution in [2.45, 2.75) is 58.8 Å². The van der Waals surface area contributed by atoms with Crippen molar-refractivity contribution in [1.29, 1.82) is 0 Å². The Labute approximate surface area is 224 Å². The normalized spacial score (nSPS) is 14.8. The van der Waals surface area contributed by atoms with E-state index in [1.807, 2.05) is 11.6 Å². The molecule has 11 heteroatoms. The van der Waals surface area contributed by atoms with Gasteiger partial charge in [0.2, 0.25) is 0 Å². The monoisotopic (exact) mass is 541 g/mol. The summed E-state index contributed by atoms with van der Waals surface area (Å²) < 4.78 is 58.7. The van der Waals surface area contributed by atoms with Crippen LogP contribution >= 0.6 is 0 Å². The maximum atomic E-state index is 13.9.